The van der Waals surface area contributed by atoms with Crippen LogP contribution in [0.4, 0.5) is 0 Å². The summed E-state index contributed by atoms with van der Waals surface area (Å²) in [6, 6.07) is 68.7. The fourth-order valence-electron chi connectivity index (χ4n) is 8.05. The number of rotatable bonds is 4. The maximum atomic E-state index is 2.43. The molecule has 1 nitrogen and oxygen atoms in total. The standard InChI is InChI=1S/C48H31N/c1-2-15-33(16-3-1)47-40-22-6-8-24-42(40)48(43-25-9-7-23-41(43)47)35-18-12-19-36(30-35)49-45-27-11-10-21-39(45)44-31-34(28-29-46(44)49)38-26-13-17-32-14-4-5-20-37(32)38/h1-31H. The van der Waals surface area contributed by atoms with Crippen molar-refractivity contribution in [3.05, 3.63) is 188 Å². The second-order valence-electron chi connectivity index (χ2n) is 12.9. The number of fused-ring (bicyclic) bond motifs is 6. The van der Waals surface area contributed by atoms with Gasteiger partial charge in [-0.05, 0) is 96.0 Å². The van der Waals surface area contributed by atoms with E-state index in [2.05, 4.69) is 193 Å². The molecule has 10 rings (SSSR count). The molecule has 0 aliphatic heterocycles. The maximum absolute atomic E-state index is 2.43. The highest BCUT2D eigenvalue weighted by molar-refractivity contribution is 6.21. The van der Waals surface area contributed by atoms with Crippen molar-refractivity contribution < 1.29 is 0 Å². The largest absolute Gasteiger partial charge is 0.309 e. The predicted molar refractivity (Wildman–Crippen MR) is 210 cm³/mol. The van der Waals surface area contributed by atoms with Gasteiger partial charge in [-0.2, -0.15) is 0 Å². The van der Waals surface area contributed by atoms with Gasteiger partial charge in [0.2, 0.25) is 0 Å². The highest BCUT2D eigenvalue weighted by Crippen LogP contribution is 2.44. The normalized spacial score (nSPS) is 11.7. The van der Waals surface area contributed by atoms with Crippen LogP contribution in [0.25, 0.3) is 93.2 Å². The Morgan fingerprint density at radius 3 is 1.55 bits per heavy atom. The smallest absolute Gasteiger partial charge is 0.0541 e. The van der Waals surface area contributed by atoms with E-state index >= 15 is 0 Å². The summed E-state index contributed by atoms with van der Waals surface area (Å²) in [5.74, 6) is 0. The zero-order chi connectivity index (χ0) is 32.3. The van der Waals surface area contributed by atoms with Crippen LogP contribution in [-0.2, 0) is 0 Å². The summed E-state index contributed by atoms with van der Waals surface area (Å²) in [5.41, 5.74) is 11.1. The molecule has 0 aliphatic carbocycles. The number of aromatic nitrogens is 1. The van der Waals surface area contributed by atoms with Crippen molar-refractivity contribution in [1.82, 2.24) is 4.57 Å². The van der Waals surface area contributed by atoms with Crippen LogP contribution in [0.15, 0.2) is 188 Å². The minimum absolute atomic E-state index is 1.15. The molecule has 9 aromatic carbocycles. The average Bonchev–Trinajstić information content (AvgIpc) is 3.51. The van der Waals surface area contributed by atoms with Gasteiger partial charge in [0.25, 0.3) is 0 Å². The number of nitrogens with zero attached hydrogens (tertiary/aromatic N) is 1. The molecule has 0 aliphatic rings. The monoisotopic (exact) mass is 621 g/mol. The first-order chi connectivity index (χ1) is 24.3. The molecule has 0 unspecified atom stereocenters. The first kappa shape index (κ1) is 27.7. The lowest BCUT2D eigenvalue weighted by Gasteiger charge is -2.18. The minimum Gasteiger partial charge on any atom is -0.309 e. The molecule has 1 heterocycles. The molecule has 0 atom stereocenters. The molecule has 10 aromatic rings. The minimum atomic E-state index is 1.15. The highest BCUT2D eigenvalue weighted by Gasteiger charge is 2.18. The summed E-state index contributed by atoms with van der Waals surface area (Å²) in [6.45, 7) is 0. The van der Waals surface area contributed by atoms with E-state index in [0.717, 1.165) is 5.69 Å². The van der Waals surface area contributed by atoms with Crippen LogP contribution >= 0.6 is 0 Å². The number of hydrogen-bond donors (Lipinski definition) is 0. The van der Waals surface area contributed by atoms with Crippen molar-refractivity contribution in [1.29, 1.82) is 0 Å². The Bertz CT molecular complexity index is 2810. The molecule has 228 valence electrons. The van der Waals surface area contributed by atoms with Crippen LogP contribution in [0.5, 0.6) is 0 Å². The molecule has 0 N–H and O–H groups in total. The lowest BCUT2D eigenvalue weighted by atomic mass is 9.86. The van der Waals surface area contributed by atoms with Gasteiger partial charge in [-0.1, -0.05) is 158 Å². The van der Waals surface area contributed by atoms with E-state index in [0.29, 0.717) is 0 Å². The van der Waals surface area contributed by atoms with E-state index < -0.39 is 0 Å². The second-order valence-corrected chi connectivity index (χ2v) is 12.9. The Labute approximate surface area is 284 Å². The molecule has 0 saturated heterocycles. The summed E-state index contributed by atoms with van der Waals surface area (Å²) in [4.78, 5) is 0. The van der Waals surface area contributed by atoms with Crippen LogP contribution in [-0.4, -0.2) is 4.57 Å². The van der Waals surface area contributed by atoms with Crippen LogP contribution in [0.1, 0.15) is 0 Å². The summed E-state index contributed by atoms with van der Waals surface area (Å²) in [6.07, 6.45) is 0. The van der Waals surface area contributed by atoms with Crippen LogP contribution in [0.3, 0.4) is 0 Å². The Morgan fingerprint density at radius 2 is 0.816 bits per heavy atom. The maximum Gasteiger partial charge on any atom is 0.0541 e. The van der Waals surface area contributed by atoms with Gasteiger partial charge >= 0.3 is 0 Å². The first-order valence-electron chi connectivity index (χ1n) is 16.9. The number of benzene rings is 9. The summed E-state index contributed by atoms with van der Waals surface area (Å²) in [5, 5.41) is 10.1. The molecule has 49 heavy (non-hydrogen) atoms. The third-order valence-electron chi connectivity index (χ3n) is 10.2. The van der Waals surface area contributed by atoms with E-state index in [1.54, 1.807) is 0 Å². The lowest BCUT2D eigenvalue weighted by Crippen LogP contribution is -1.95. The third-order valence-corrected chi connectivity index (χ3v) is 10.2. The molecule has 1 aromatic heterocycles. The lowest BCUT2D eigenvalue weighted by molar-refractivity contribution is 1.18. The van der Waals surface area contributed by atoms with Gasteiger partial charge in [0.15, 0.2) is 0 Å². The van der Waals surface area contributed by atoms with Gasteiger partial charge < -0.3 is 4.57 Å². The van der Waals surface area contributed by atoms with Crippen molar-refractivity contribution in [2.45, 2.75) is 0 Å². The topological polar surface area (TPSA) is 4.93 Å². The summed E-state index contributed by atoms with van der Waals surface area (Å²) >= 11 is 0. The van der Waals surface area contributed by atoms with E-state index in [9.17, 15) is 0 Å². The van der Waals surface area contributed by atoms with Crippen molar-refractivity contribution in [2.24, 2.45) is 0 Å². The molecule has 1 heteroatoms. The zero-order valence-corrected chi connectivity index (χ0v) is 26.8. The summed E-state index contributed by atoms with van der Waals surface area (Å²) < 4.78 is 2.43. The predicted octanol–water partition coefficient (Wildman–Crippen LogP) is 13.2. The third kappa shape index (κ3) is 4.33. The van der Waals surface area contributed by atoms with Crippen LogP contribution < -0.4 is 0 Å². The van der Waals surface area contributed by atoms with Gasteiger partial charge in [-0.25, -0.2) is 0 Å². The number of para-hydroxylation sites is 1. The van der Waals surface area contributed by atoms with Crippen LogP contribution in [0.2, 0.25) is 0 Å². The molecule has 0 spiro atoms. The van der Waals surface area contributed by atoms with Gasteiger partial charge in [0.05, 0.1) is 11.0 Å². The molecule has 0 bridgehead atoms. The molecular weight excluding hydrogens is 591 g/mol. The van der Waals surface area contributed by atoms with E-state index in [1.165, 1.54) is 87.5 Å². The molecular formula is C48H31N. The summed E-state index contributed by atoms with van der Waals surface area (Å²) in [7, 11) is 0. The van der Waals surface area contributed by atoms with Crippen molar-refractivity contribution in [3.63, 3.8) is 0 Å². The average molecular weight is 622 g/mol. The Morgan fingerprint density at radius 1 is 0.286 bits per heavy atom. The Hall–Kier alpha value is -6.44. The molecule has 0 radical (unpaired) electrons. The van der Waals surface area contributed by atoms with Gasteiger partial charge in [-0.3, -0.25) is 0 Å². The zero-order valence-electron chi connectivity index (χ0n) is 26.8. The first-order valence-corrected chi connectivity index (χ1v) is 16.9. The van der Waals surface area contributed by atoms with E-state index in [4.69, 9.17) is 0 Å². The Balaban J connectivity index is 1.21. The van der Waals surface area contributed by atoms with E-state index in [-0.39, 0.29) is 0 Å². The second kappa shape index (κ2) is 11.1. The van der Waals surface area contributed by atoms with Gasteiger partial charge in [-0.15, -0.1) is 0 Å². The van der Waals surface area contributed by atoms with Crippen molar-refractivity contribution in [3.8, 4) is 39.1 Å². The van der Waals surface area contributed by atoms with Gasteiger partial charge in [0.1, 0.15) is 0 Å². The molecule has 0 fully saturated rings. The van der Waals surface area contributed by atoms with Crippen molar-refractivity contribution >= 4 is 54.1 Å². The quantitative estimate of drug-likeness (QED) is 0.172. The highest BCUT2D eigenvalue weighted by atomic mass is 15.0. The fourth-order valence-corrected chi connectivity index (χ4v) is 8.05. The fraction of sp³-hybridized carbons (Fsp3) is 0. The van der Waals surface area contributed by atoms with Gasteiger partial charge in [0, 0.05) is 16.5 Å². The SMILES string of the molecule is c1ccc(-c2c3ccccc3c(-c3cccc(-n4c5ccccc5c5cc(-c6cccc7ccccc67)ccc54)c3)c3ccccc23)cc1. The van der Waals surface area contributed by atoms with Crippen molar-refractivity contribution in [2.75, 3.05) is 0 Å². The van der Waals surface area contributed by atoms with Crippen LogP contribution in [0, 0.1) is 0 Å². The Kier molecular flexibility index (Phi) is 6.25. The molecule has 0 amide bonds. The number of hydrogen-bond acceptors (Lipinski definition) is 0. The molecule has 0 saturated carbocycles. The van der Waals surface area contributed by atoms with E-state index in [1.807, 2.05) is 0 Å².